The molecule has 0 spiro atoms. The molecule has 0 amide bonds. The van der Waals surface area contributed by atoms with Gasteiger partial charge in [0, 0.05) is 17.5 Å². The first-order valence-electron chi connectivity index (χ1n) is 5.95. The van der Waals surface area contributed by atoms with Crippen molar-refractivity contribution >= 4 is 11.0 Å². The Bertz CT molecular complexity index is 516. The van der Waals surface area contributed by atoms with Crippen molar-refractivity contribution in [3.8, 4) is 0 Å². The summed E-state index contributed by atoms with van der Waals surface area (Å²) in [4.78, 5) is 0. The highest BCUT2D eigenvalue weighted by atomic mass is 19.1. The Labute approximate surface area is 101 Å². The van der Waals surface area contributed by atoms with E-state index in [0.29, 0.717) is 11.5 Å². The fraction of sp³-hybridized carbons (Fsp3) is 0.429. The van der Waals surface area contributed by atoms with Crippen LogP contribution < -0.4 is 5.32 Å². The van der Waals surface area contributed by atoms with Crippen LogP contribution in [0, 0.1) is 18.7 Å². The maximum atomic E-state index is 13.5. The van der Waals surface area contributed by atoms with Gasteiger partial charge in [0.15, 0.2) is 11.4 Å². The molecule has 2 rings (SSSR count). The van der Waals surface area contributed by atoms with E-state index < -0.39 is 0 Å². The lowest BCUT2D eigenvalue weighted by molar-refractivity contribution is 0.540. The highest BCUT2D eigenvalue weighted by Gasteiger charge is 2.12. The number of hydrogen-bond donors (Lipinski definition) is 1. The van der Waals surface area contributed by atoms with Gasteiger partial charge in [-0.1, -0.05) is 19.9 Å². The number of halogens is 1. The van der Waals surface area contributed by atoms with E-state index in [-0.39, 0.29) is 5.82 Å². The van der Waals surface area contributed by atoms with Crippen LogP contribution in [0.3, 0.4) is 0 Å². The summed E-state index contributed by atoms with van der Waals surface area (Å²) in [5.74, 6) is 0.312. The molecule has 0 fully saturated rings. The monoisotopic (exact) mass is 235 g/mol. The lowest BCUT2D eigenvalue weighted by Crippen LogP contribution is -2.18. The summed E-state index contributed by atoms with van der Waals surface area (Å²) in [6.45, 7) is 7.95. The van der Waals surface area contributed by atoms with Gasteiger partial charge >= 0.3 is 0 Å². The molecule has 0 bridgehead atoms. The van der Waals surface area contributed by atoms with E-state index in [2.05, 4.69) is 19.2 Å². The lowest BCUT2D eigenvalue weighted by atomic mass is 10.1. The molecule has 0 atom stereocenters. The zero-order valence-corrected chi connectivity index (χ0v) is 10.5. The summed E-state index contributed by atoms with van der Waals surface area (Å²) < 4.78 is 18.8. The third-order valence-electron chi connectivity index (χ3n) is 2.83. The van der Waals surface area contributed by atoms with E-state index in [1.165, 1.54) is 6.07 Å². The molecule has 1 heterocycles. The molecule has 0 saturated heterocycles. The molecule has 0 aliphatic heterocycles. The average Bonchev–Trinajstić information content (AvgIpc) is 2.68. The normalized spacial score (nSPS) is 11.6. The molecule has 2 nitrogen and oxygen atoms in total. The Balaban J connectivity index is 2.26. The highest BCUT2D eigenvalue weighted by molar-refractivity contribution is 5.84. The van der Waals surface area contributed by atoms with E-state index in [4.69, 9.17) is 4.42 Å². The third-order valence-corrected chi connectivity index (χ3v) is 2.83. The van der Waals surface area contributed by atoms with Crippen molar-refractivity contribution in [3.05, 3.63) is 35.3 Å². The Morgan fingerprint density at radius 3 is 2.82 bits per heavy atom. The molecule has 0 unspecified atom stereocenters. The minimum atomic E-state index is -0.291. The molecule has 2 aromatic rings. The molecule has 3 heteroatoms. The fourth-order valence-electron chi connectivity index (χ4n) is 1.98. The van der Waals surface area contributed by atoms with Crippen LogP contribution >= 0.6 is 0 Å². The van der Waals surface area contributed by atoms with Crippen molar-refractivity contribution in [2.45, 2.75) is 27.3 Å². The second kappa shape index (κ2) is 4.88. The zero-order valence-electron chi connectivity index (χ0n) is 10.5. The van der Waals surface area contributed by atoms with Crippen molar-refractivity contribution < 1.29 is 8.81 Å². The number of nitrogens with one attached hydrogen (secondary N) is 1. The minimum absolute atomic E-state index is 0.291. The van der Waals surface area contributed by atoms with Crippen LogP contribution in [0.25, 0.3) is 11.0 Å². The zero-order chi connectivity index (χ0) is 12.4. The molecule has 0 radical (unpaired) electrons. The quantitative estimate of drug-likeness (QED) is 0.875. The van der Waals surface area contributed by atoms with E-state index in [1.54, 1.807) is 12.3 Å². The van der Waals surface area contributed by atoms with Gasteiger partial charge in [0.2, 0.25) is 0 Å². The van der Waals surface area contributed by atoms with Crippen LogP contribution in [0.15, 0.2) is 22.8 Å². The number of fused-ring (bicyclic) bond motifs is 1. The van der Waals surface area contributed by atoms with Gasteiger partial charge < -0.3 is 9.73 Å². The van der Waals surface area contributed by atoms with Crippen molar-refractivity contribution in [2.75, 3.05) is 6.54 Å². The third kappa shape index (κ3) is 2.50. The van der Waals surface area contributed by atoms with Gasteiger partial charge in [0.1, 0.15) is 0 Å². The van der Waals surface area contributed by atoms with Gasteiger partial charge in [-0.25, -0.2) is 4.39 Å². The van der Waals surface area contributed by atoms with Crippen LogP contribution in [0.1, 0.15) is 25.0 Å². The molecule has 1 aromatic heterocycles. The van der Waals surface area contributed by atoms with Crippen LogP contribution in [-0.4, -0.2) is 6.54 Å². The molecule has 1 N–H and O–H groups in total. The predicted molar refractivity (Wildman–Crippen MR) is 67.5 cm³/mol. The van der Waals surface area contributed by atoms with Gasteiger partial charge in [-0.15, -0.1) is 0 Å². The van der Waals surface area contributed by atoms with Gasteiger partial charge in [-0.2, -0.15) is 0 Å². The number of hydrogen-bond acceptors (Lipinski definition) is 2. The topological polar surface area (TPSA) is 25.2 Å². The highest BCUT2D eigenvalue weighted by Crippen LogP contribution is 2.26. The number of furan rings is 1. The first kappa shape index (κ1) is 12.1. The van der Waals surface area contributed by atoms with Gasteiger partial charge in [0.05, 0.1) is 6.26 Å². The van der Waals surface area contributed by atoms with Crippen molar-refractivity contribution in [1.82, 2.24) is 5.32 Å². The van der Waals surface area contributed by atoms with Crippen LogP contribution in [0.4, 0.5) is 4.39 Å². The molecule has 92 valence electrons. The van der Waals surface area contributed by atoms with Crippen molar-refractivity contribution in [2.24, 2.45) is 5.92 Å². The van der Waals surface area contributed by atoms with E-state index >= 15 is 0 Å². The Kier molecular flexibility index (Phi) is 3.48. The Hall–Kier alpha value is -1.35. The summed E-state index contributed by atoms with van der Waals surface area (Å²) in [7, 11) is 0. The molecule has 0 saturated carbocycles. The largest absolute Gasteiger partial charge is 0.461 e. The standard InChI is InChI=1S/C14H18FNO/c1-9(2)6-16-7-11-8-17-14-12(15)5-4-10(3)13(11)14/h4-5,8-9,16H,6-7H2,1-3H3. The first-order valence-corrected chi connectivity index (χ1v) is 5.95. The van der Waals surface area contributed by atoms with Crippen molar-refractivity contribution in [3.63, 3.8) is 0 Å². The summed E-state index contributed by atoms with van der Waals surface area (Å²) in [5.41, 5.74) is 2.44. The van der Waals surface area contributed by atoms with Gasteiger partial charge in [-0.3, -0.25) is 0 Å². The summed E-state index contributed by atoms with van der Waals surface area (Å²) in [5, 5.41) is 4.25. The fourth-order valence-corrected chi connectivity index (χ4v) is 1.98. The van der Waals surface area contributed by atoms with E-state index in [9.17, 15) is 4.39 Å². The molecular weight excluding hydrogens is 217 g/mol. The number of benzene rings is 1. The molecular formula is C14H18FNO. The second-order valence-corrected chi connectivity index (χ2v) is 4.85. The summed E-state index contributed by atoms with van der Waals surface area (Å²) >= 11 is 0. The lowest BCUT2D eigenvalue weighted by Gasteiger charge is -2.06. The van der Waals surface area contributed by atoms with Gasteiger partial charge in [-0.05, 0) is 31.0 Å². The van der Waals surface area contributed by atoms with Crippen molar-refractivity contribution in [1.29, 1.82) is 0 Å². The Morgan fingerprint density at radius 1 is 1.35 bits per heavy atom. The SMILES string of the molecule is Cc1ccc(F)c2occ(CNCC(C)C)c12. The molecule has 17 heavy (non-hydrogen) atoms. The van der Waals surface area contributed by atoms with Crippen LogP contribution in [0.2, 0.25) is 0 Å². The maximum Gasteiger partial charge on any atom is 0.170 e. The Morgan fingerprint density at radius 2 is 2.12 bits per heavy atom. The molecule has 0 aliphatic carbocycles. The first-order chi connectivity index (χ1) is 8.09. The average molecular weight is 235 g/mol. The van der Waals surface area contributed by atoms with Crippen LogP contribution in [-0.2, 0) is 6.54 Å². The smallest absolute Gasteiger partial charge is 0.170 e. The minimum Gasteiger partial charge on any atom is -0.461 e. The van der Waals surface area contributed by atoms with E-state index in [1.807, 2.05) is 6.92 Å². The second-order valence-electron chi connectivity index (χ2n) is 4.85. The van der Waals surface area contributed by atoms with Crippen LogP contribution in [0.5, 0.6) is 0 Å². The van der Waals surface area contributed by atoms with Gasteiger partial charge in [0.25, 0.3) is 0 Å². The molecule has 1 aromatic carbocycles. The van der Waals surface area contributed by atoms with E-state index in [0.717, 1.165) is 29.6 Å². The number of rotatable bonds is 4. The maximum absolute atomic E-state index is 13.5. The summed E-state index contributed by atoms with van der Waals surface area (Å²) in [6, 6.07) is 3.24. The summed E-state index contributed by atoms with van der Waals surface area (Å²) in [6.07, 6.45) is 1.65. The predicted octanol–water partition coefficient (Wildman–Crippen LogP) is 3.63. The molecule has 0 aliphatic rings. The number of aryl methyl sites for hydroxylation is 1.